The van der Waals surface area contributed by atoms with Gasteiger partial charge >= 0.3 is 5.97 Å². The molecule has 0 saturated heterocycles. The molecule has 1 aliphatic rings. The molecule has 0 saturated carbocycles. The summed E-state index contributed by atoms with van der Waals surface area (Å²) in [5, 5.41) is 4.72. The molecule has 0 spiro atoms. The van der Waals surface area contributed by atoms with Crippen molar-refractivity contribution < 1.29 is 19.1 Å². The molecule has 1 aliphatic carbocycles. The Hall–Kier alpha value is -3.45. The molecule has 38 heavy (non-hydrogen) atoms. The largest absolute Gasteiger partial charge is 0.465 e. The van der Waals surface area contributed by atoms with Gasteiger partial charge in [0.15, 0.2) is 5.78 Å². The van der Waals surface area contributed by atoms with E-state index < -0.39 is 17.8 Å². The maximum atomic E-state index is 13.2. The Kier molecular flexibility index (Phi) is 7.65. The number of allylic oxidation sites excluding steroid dienone is 2. The number of benzene rings is 3. The van der Waals surface area contributed by atoms with Crippen LogP contribution in [0.1, 0.15) is 40.1 Å². The number of carbonyl (C=O) groups is 3. The van der Waals surface area contributed by atoms with Crippen molar-refractivity contribution in [2.75, 3.05) is 11.9 Å². The number of amides is 1. The van der Waals surface area contributed by atoms with E-state index >= 15 is 0 Å². The second-order valence-electron chi connectivity index (χ2n) is 8.94. The van der Waals surface area contributed by atoms with Crippen LogP contribution in [0.25, 0.3) is 15.7 Å². The number of carbonyl (C=O) groups excluding carboxylic acids is 3. The quantitative estimate of drug-likeness (QED) is 0.192. The Bertz CT molecular complexity index is 1570. The second-order valence-corrected chi connectivity index (χ2v) is 10.8. The maximum absolute atomic E-state index is 13.2. The number of hydrogen-bond acceptors (Lipinski definition) is 5. The van der Waals surface area contributed by atoms with Crippen molar-refractivity contribution in [3.05, 3.63) is 105 Å². The van der Waals surface area contributed by atoms with E-state index in [4.69, 9.17) is 27.9 Å². The van der Waals surface area contributed by atoms with Gasteiger partial charge in [-0.15, -0.1) is 11.3 Å². The average molecular weight is 564 g/mol. The number of ketones is 1. The van der Waals surface area contributed by atoms with Gasteiger partial charge in [0, 0.05) is 26.7 Å². The van der Waals surface area contributed by atoms with Gasteiger partial charge in [-0.05, 0) is 66.5 Å². The van der Waals surface area contributed by atoms with Gasteiger partial charge in [0.05, 0.1) is 11.6 Å². The SMILES string of the molecule is CCOC(=O)C1C(=O)C=C(c2ccc(NC(=O)c3sc4ccccc4c3Cl)cc2)CC1c1cccc(Cl)c1. The summed E-state index contributed by atoms with van der Waals surface area (Å²) in [4.78, 5) is 39.2. The molecule has 1 N–H and O–H groups in total. The monoisotopic (exact) mass is 563 g/mol. The molecule has 1 aromatic heterocycles. The third-order valence-corrected chi connectivity index (χ3v) is 8.45. The van der Waals surface area contributed by atoms with E-state index in [1.165, 1.54) is 17.4 Å². The van der Waals surface area contributed by atoms with Crippen molar-refractivity contribution in [2.24, 2.45) is 5.92 Å². The number of hydrogen-bond donors (Lipinski definition) is 1. The van der Waals surface area contributed by atoms with Gasteiger partial charge in [-0.3, -0.25) is 14.4 Å². The predicted octanol–water partition coefficient (Wildman–Crippen LogP) is 7.78. The number of halogens is 2. The number of fused-ring (bicyclic) bond motifs is 1. The molecule has 4 aromatic rings. The van der Waals surface area contributed by atoms with Crippen LogP contribution in [-0.4, -0.2) is 24.3 Å². The third kappa shape index (κ3) is 5.25. The van der Waals surface area contributed by atoms with E-state index in [2.05, 4.69) is 5.32 Å². The van der Waals surface area contributed by atoms with E-state index in [9.17, 15) is 14.4 Å². The van der Waals surface area contributed by atoms with Crippen LogP contribution in [0.4, 0.5) is 5.69 Å². The van der Waals surface area contributed by atoms with Gasteiger partial charge in [-0.1, -0.05) is 65.7 Å². The summed E-state index contributed by atoms with van der Waals surface area (Å²) < 4.78 is 6.17. The smallest absolute Gasteiger partial charge is 0.317 e. The maximum Gasteiger partial charge on any atom is 0.317 e. The number of nitrogens with one attached hydrogen (secondary N) is 1. The molecular formula is C30H23Cl2NO4S. The van der Waals surface area contributed by atoms with Crippen molar-refractivity contribution in [2.45, 2.75) is 19.3 Å². The van der Waals surface area contributed by atoms with E-state index in [1.807, 2.05) is 48.5 Å². The molecule has 0 radical (unpaired) electrons. The zero-order chi connectivity index (χ0) is 26.8. The molecule has 2 atom stereocenters. The lowest BCUT2D eigenvalue weighted by molar-refractivity contribution is -0.151. The first-order chi connectivity index (χ1) is 18.4. The van der Waals surface area contributed by atoms with Gasteiger partial charge in [0.1, 0.15) is 10.8 Å². The van der Waals surface area contributed by atoms with Gasteiger partial charge in [0.25, 0.3) is 5.91 Å². The van der Waals surface area contributed by atoms with Gasteiger partial charge in [-0.25, -0.2) is 0 Å². The first-order valence-electron chi connectivity index (χ1n) is 12.1. The molecule has 2 unspecified atom stereocenters. The second kappa shape index (κ2) is 11.1. The minimum absolute atomic E-state index is 0.196. The average Bonchev–Trinajstić information content (AvgIpc) is 3.25. The highest BCUT2D eigenvalue weighted by molar-refractivity contribution is 7.21. The molecule has 0 fully saturated rings. The summed E-state index contributed by atoms with van der Waals surface area (Å²) in [5.74, 6) is -2.45. The number of ether oxygens (including phenoxy) is 1. The lowest BCUT2D eigenvalue weighted by Gasteiger charge is -2.29. The van der Waals surface area contributed by atoms with E-state index in [-0.39, 0.29) is 18.3 Å². The minimum Gasteiger partial charge on any atom is -0.465 e. The molecule has 0 bridgehead atoms. The molecule has 192 valence electrons. The Morgan fingerprint density at radius 3 is 2.50 bits per heavy atom. The highest BCUT2D eigenvalue weighted by Crippen LogP contribution is 2.41. The lowest BCUT2D eigenvalue weighted by Crippen LogP contribution is -2.34. The normalized spacial score (nSPS) is 17.2. The Morgan fingerprint density at radius 2 is 1.79 bits per heavy atom. The topological polar surface area (TPSA) is 72.5 Å². The number of rotatable bonds is 6. The van der Waals surface area contributed by atoms with Crippen LogP contribution in [0.15, 0.2) is 78.9 Å². The number of anilines is 1. The Morgan fingerprint density at radius 1 is 1.03 bits per heavy atom. The minimum atomic E-state index is -0.929. The van der Waals surface area contributed by atoms with Gasteiger partial charge in [-0.2, -0.15) is 0 Å². The number of thiophene rings is 1. The summed E-state index contributed by atoms with van der Waals surface area (Å²) in [5.41, 5.74) is 3.03. The van der Waals surface area contributed by atoms with E-state index in [1.54, 1.807) is 31.2 Å². The molecule has 0 aliphatic heterocycles. The Labute approximate surface area is 234 Å². The van der Waals surface area contributed by atoms with Crippen molar-refractivity contribution in [1.82, 2.24) is 0 Å². The zero-order valence-corrected chi connectivity index (χ0v) is 22.7. The lowest BCUT2D eigenvalue weighted by atomic mass is 9.73. The number of esters is 1. The van der Waals surface area contributed by atoms with Gasteiger partial charge in [0.2, 0.25) is 0 Å². The highest BCUT2D eigenvalue weighted by Gasteiger charge is 2.39. The van der Waals surface area contributed by atoms with Crippen LogP contribution < -0.4 is 5.32 Å². The van der Waals surface area contributed by atoms with Crippen LogP contribution in [0.2, 0.25) is 10.0 Å². The van der Waals surface area contributed by atoms with Gasteiger partial charge < -0.3 is 10.1 Å². The van der Waals surface area contributed by atoms with E-state index in [0.717, 1.165) is 26.8 Å². The zero-order valence-electron chi connectivity index (χ0n) is 20.4. The van der Waals surface area contributed by atoms with E-state index in [0.29, 0.717) is 27.0 Å². The van der Waals surface area contributed by atoms with Crippen molar-refractivity contribution in [3.63, 3.8) is 0 Å². The summed E-state index contributed by atoms with van der Waals surface area (Å²) in [7, 11) is 0. The summed E-state index contributed by atoms with van der Waals surface area (Å²) in [6, 6.07) is 22.1. The molecular weight excluding hydrogens is 541 g/mol. The van der Waals surface area contributed by atoms with Crippen LogP contribution in [0.5, 0.6) is 0 Å². The molecule has 5 nitrogen and oxygen atoms in total. The summed E-state index contributed by atoms with van der Waals surface area (Å²) in [6.45, 7) is 1.91. The van der Waals surface area contributed by atoms with Crippen LogP contribution in [-0.2, 0) is 14.3 Å². The molecule has 5 rings (SSSR count). The first-order valence-corrected chi connectivity index (χ1v) is 13.7. The van der Waals surface area contributed by atoms with Crippen molar-refractivity contribution in [3.8, 4) is 0 Å². The third-order valence-electron chi connectivity index (χ3n) is 6.54. The van der Waals surface area contributed by atoms with Crippen LogP contribution in [0, 0.1) is 5.92 Å². The summed E-state index contributed by atoms with van der Waals surface area (Å²) in [6.07, 6.45) is 1.98. The fraction of sp³-hybridized carbons (Fsp3) is 0.167. The molecule has 3 aromatic carbocycles. The van der Waals surface area contributed by atoms with Crippen LogP contribution in [0.3, 0.4) is 0 Å². The fourth-order valence-corrected chi connectivity index (χ4v) is 6.36. The van der Waals surface area contributed by atoms with Crippen molar-refractivity contribution in [1.29, 1.82) is 0 Å². The fourth-order valence-electron chi connectivity index (χ4n) is 4.75. The Balaban J connectivity index is 1.38. The molecule has 1 heterocycles. The standard InChI is InChI=1S/C30H23Cl2NO4S/c1-2-37-30(36)26-23(18-6-5-7-20(31)14-18)15-19(16-24(26)34)17-10-12-21(13-11-17)33-29(35)28-27(32)22-8-3-4-9-25(22)38-28/h3-14,16,23,26H,2,15H2,1H3,(H,33,35). The predicted molar refractivity (Wildman–Crippen MR) is 153 cm³/mol. The highest BCUT2D eigenvalue weighted by atomic mass is 35.5. The molecule has 1 amide bonds. The first kappa shape index (κ1) is 26.2. The van der Waals surface area contributed by atoms with Crippen LogP contribution >= 0.6 is 34.5 Å². The van der Waals surface area contributed by atoms with Crippen molar-refractivity contribution >= 4 is 73.5 Å². The molecule has 8 heteroatoms. The summed E-state index contributed by atoms with van der Waals surface area (Å²) >= 11 is 14.0.